The highest BCUT2D eigenvalue weighted by molar-refractivity contribution is 8.22. The maximum Gasteiger partial charge on any atom is 0.258 e. The monoisotopic (exact) mass is 335 g/mol. The number of benzene rings is 1. The minimum Gasteiger partial charge on any atom is -0.367 e. The number of nitrogens with zero attached hydrogens (tertiary/aromatic N) is 1. The molecule has 0 amide bonds. The van der Waals surface area contributed by atoms with Gasteiger partial charge in [-0.25, -0.2) is 4.98 Å². The number of aromatic nitrogens is 2. The molecule has 0 fully saturated rings. The Labute approximate surface area is 140 Å². The highest BCUT2D eigenvalue weighted by Gasteiger charge is 2.04. The molecule has 0 saturated carbocycles. The highest BCUT2D eigenvalue weighted by Crippen LogP contribution is 2.12. The lowest BCUT2D eigenvalue weighted by Gasteiger charge is -2.08. The van der Waals surface area contributed by atoms with E-state index in [0.29, 0.717) is 17.8 Å². The van der Waals surface area contributed by atoms with Crippen molar-refractivity contribution < 1.29 is 0 Å². The molecule has 0 saturated heterocycles. The summed E-state index contributed by atoms with van der Waals surface area (Å²) in [7, 11) is 0. The molecular weight excluding hydrogens is 314 g/mol. The number of fused-ring (bicyclic) bond motifs is 1. The lowest BCUT2D eigenvalue weighted by atomic mass is 10.1. The van der Waals surface area contributed by atoms with E-state index in [1.807, 2.05) is 18.2 Å². The van der Waals surface area contributed by atoms with E-state index < -0.39 is 0 Å². The van der Waals surface area contributed by atoms with E-state index in [-0.39, 0.29) is 5.56 Å². The van der Waals surface area contributed by atoms with Crippen LogP contribution in [0.3, 0.4) is 0 Å². The zero-order valence-corrected chi connectivity index (χ0v) is 14.6. The van der Waals surface area contributed by atoms with Crippen LogP contribution in [0.25, 0.3) is 10.9 Å². The first-order valence-corrected chi connectivity index (χ1v) is 8.89. The Morgan fingerprint density at radius 3 is 3.00 bits per heavy atom. The van der Waals surface area contributed by atoms with E-state index in [4.69, 9.17) is 12.2 Å². The van der Waals surface area contributed by atoms with Gasteiger partial charge >= 0.3 is 0 Å². The molecule has 2 rings (SSSR count). The fourth-order valence-corrected chi connectivity index (χ4v) is 3.19. The summed E-state index contributed by atoms with van der Waals surface area (Å²) >= 11 is 7.00. The number of nitrogens with one attached hydrogen (secondary N) is 2. The minimum atomic E-state index is -0.0964. The zero-order chi connectivity index (χ0) is 15.9. The van der Waals surface area contributed by atoms with Gasteiger partial charge < -0.3 is 10.3 Å². The fraction of sp³-hybridized carbons (Fsp3) is 0.438. The van der Waals surface area contributed by atoms with E-state index in [0.717, 1.165) is 21.2 Å². The van der Waals surface area contributed by atoms with Crippen molar-refractivity contribution in [2.75, 3.05) is 5.75 Å². The Morgan fingerprint density at radius 1 is 1.41 bits per heavy atom. The van der Waals surface area contributed by atoms with Gasteiger partial charge in [-0.05, 0) is 31.0 Å². The van der Waals surface area contributed by atoms with Gasteiger partial charge in [0, 0.05) is 12.3 Å². The van der Waals surface area contributed by atoms with Gasteiger partial charge in [-0.15, -0.1) is 0 Å². The van der Waals surface area contributed by atoms with Gasteiger partial charge in [0.05, 0.1) is 10.9 Å². The van der Waals surface area contributed by atoms with Crippen LogP contribution in [0, 0.1) is 6.92 Å². The second kappa shape index (κ2) is 8.29. The zero-order valence-electron chi connectivity index (χ0n) is 12.9. The summed E-state index contributed by atoms with van der Waals surface area (Å²) in [5.41, 5.74) is 1.66. The van der Waals surface area contributed by atoms with Crippen molar-refractivity contribution in [1.82, 2.24) is 15.3 Å². The highest BCUT2D eigenvalue weighted by atomic mass is 32.2. The Kier molecular flexibility index (Phi) is 6.39. The molecule has 0 atom stereocenters. The van der Waals surface area contributed by atoms with Crippen LogP contribution >= 0.6 is 24.0 Å². The molecule has 1 aromatic heterocycles. The predicted octanol–water partition coefficient (Wildman–Crippen LogP) is 3.53. The predicted molar refractivity (Wildman–Crippen MR) is 98.5 cm³/mol. The first-order chi connectivity index (χ1) is 10.6. The number of hydrogen-bond acceptors (Lipinski definition) is 4. The Bertz CT molecular complexity index is 712. The third kappa shape index (κ3) is 4.81. The van der Waals surface area contributed by atoms with Gasteiger partial charge in [0.25, 0.3) is 5.56 Å². The second-order valence-electron chi connectivity index (χ2n) is 5.20. The molecule has 6 heteroatoms. The molecule has 0 unspecified atom stereocenters. The number of rotatable bonds is 6. The van der Waals surface area contributed by atoms with Gasteiger partial charge in [-0.1, -0.05) is 49.8 Å². The van der Waals surface area contributed by atoms with Crippen LogP contribution < -0.4 is 10.9 Å². The average Bonchev–Trinajstić information content (AvgIpc) is 2.49. The number of hydrogen-bond donors (Lipinski definition) is 2. The summed E-state index contributed by atoms with van der Waals surface area (Å²) in [6.45, 7) is 4.60. The second-order valence-corrected chi connectivity index (χ2v) is 6.97. The first kappa shape index (κ1) is 17.0. The van der Waals surface area contributed by atoms with E-state index in [9.17, 15) is 4.79 Å². The van der Waals surface area contributed by atoms with Crippen molar-refractivity contribution in [2.24, 2.45) is 0 Å². The smallest absolute Gasteiger partial charge is 0.258 e. The molecule has 0 aliphatic rings. The van der Waals surface area contributed by atoms with Crippen LogP contribution in [-0.2, 0) is 6.54 Å². The molecule has 118 valence electrons. The quantitative estimate of drug-likeness (QED) is 0.625. The summed E-state index contributed by atoms with van der Waals surface area (Å²) in [6, 6.07) is 5.73. The summed E-state index contributed by atoms with van der Waals surface area (Å²) in [5.74, 6) is 1.69. The van der Waals surface area contributed by atoms with Gasteiger partial charge in [-0.2, -0.15) is 0 Å². The van der Waals surface area contributed by atoms with E-state index in [2.05, 4.69) is 22.2 Å². The molecule has 1 heterocycles. The van der Waals surface area contributed by atoms with Crippen molar-refractivity contribution in [3.05, 3.63) is 39.9 Å². The molecule has 4 nitrogen and oxygen atoms in total. The van der Waals surface area contributed by atoms with Crippen molar-refractivity contribution in [2.45, 2.75) is 39.7 Å². The van der Waals surface area contributed by atoms with Gasteiger partial charge in [0.1, 0.15) is 10.1 Å². The fourth-order valence-electron chi connectivity index (χ4n) is 2.15. The Balaban J connectivity index is 1.95. The van der Waals surface area contributed by atoms with Crippen LogP contribution in [-0.4, -0.2) is 20.0 Å². The lowest BCUT2D eigenvalue weighted by molar-refractivity contribution is 0.779. The molecule has 2 N–H and O–H groups in total. The molecule has 1 aromatic carbocycles. The lowest BCUT2D eigenvalue weighted by Crippen LogP contribution is -2.18. The van der Waals surface area contributed by atoms with Crippen molar-refractivity contribution in [3.63, 3.8) is 0 Å². The number of aryl methyl sites for hydroxylation is 1. The van der Waals surface area contributed by atoms with Crippen molar-refractivity contribution in [3.8, 4) is 0 Å². The number of thiocarbonyl (C=S) groups is 1. The van der Waals surface area contributed by atoms with Gasteiger partial charge in [0.15, 0.2) is 0 Å². The topological polar surface area (TPSA) is 57.8 Å². The summed E-state index contributed by atoms with van der Waals surface area (Å²) < 4.78 is 0.812. The van der Waals surface area contributed by atoms with E-state index in [1.54, 1.807) is 18.7 Å². The van der Waals surface area contributed by atoms with Crippen molar-refractivity contribution in [1.29, 1.82) is 0 Å². The largest absolute Gasteiger partial charge is 0.367 e. The minimum absolute atomic E-state index is 0.0964. The molecule has 0 spiro atoms. The van der Waals surface area contributed by atoms with Crippen LogP contribution in [0.15, 0.2) is 23.0 Å². The van der Waals surface area contributed by atoms with Crippen LogP contribution in [0.1, 0.15) is 37.6 Å². The Morgan fingerprint density at radius 2 is 2.23 bits per heavy atom. The molecular formula is C16H21N3OS2. The van der Waals surface area contributed by atoms with Crippen molar-refractivity contribution >= 4 is 39.2 Å². The average molecular weight is 335 g/mol. The van der Waals surface area contributed by atoms with Crippen LogP contribution in [0.4, 0.5) is 0 Å². The molecule has 22 heavy (non-hydrogen) atoms. The van der Waals surface area contributed by atoms with E-state index >= 15 is 0 Å². The molecule has 2 aromatic rings. The van der Waals surface area contributed by atoms with Crippen LogP contribution in [0.5, 0.6) is 0 Å². The van der Waals surface area contributed by atoms with Gasteiger partial charge in [0.2, 0.25) is 0 Å². The maximum absolute atomic E-state index is 11.9. The number of aromatic amines is 1. The third-order valence-electron chi connectivity index (χ3n) is 3.31. The summed E-state index contributed by atoms with van der Waals surface area (Å²) in [6.07, 6.45) is 3.66. The van der Waals surface area contributed by atoms with Crippen LogP contribution in [0.2, 0.25) is 0 Å². The number of thioether (sulfide) groups is 1. The number of unbranched alkanes of at least 4 members (excludes halogenated alkanes) is 2. The van der Waals surface area contributed by atoms with Gasteiger partial charge in [-0.3, -0.25) is 4.79 Å². The molecule has 0 bridgehead atoms. The first-order valence-electron chi connectivity index (χ1n) is 7.50. The molecule has 0 aliphatic carbocycles. The number of H-pyrrole nitrogens is 1. The molecule has 0 aliphatic heterocycles. The third-order valence-corrected chi connectivity index (χ3v) is 4.70. The molecule has 0 radical (unpaired) electrons. The summed E-state index contributed by atoms with van der Waals surface area (Å²) in [5, 5.41) is 3.85. The standard InChI is InChI=1S/C16H21N3OS2/c1-3-4-5-8-22-16(21)17-10-12-6-7-14-13(9-12)15(20)19-11(2)18-14/h6-7,9H,3-5,8,10H2,1-2H3,(H,17,21)(H,18,19,20). The Hall–Kier alpha value is -1.40. The normalized spacial score (nSPS) is 10.8. The maximum atomic E-state index is 11.9. The SMILES string of the molecule is CCCCCSC(=S)NCc1ccc2nc(C)[nH]c(=O)c2c1. The van der Waals surface area contributed by atoms with E-state index in [1.165, 1.54) is 19.3 Å². The summed E-state index contributed by atoms with van der Waals surface area (Å²) in [4.78, 5) is 19.0.